The van der Waals surface area contributed by atoms with Gasteiger partial charge in [0.05, 0.1) is 11.5 Å². The van der Waals surface area contributed by atoms with Crippen molar-refractivity contribution in [3.05, 3.63) is 33.9 Å². The number of benzene rings is 1. The summed E-state index contributed by atoms with van der Waals surface area (Å²) in [6, 6.07) is 3.05. The fraction of sp³-hybridized carbons (Fsp3) is 0.467. The zero-order valence-electron chi connectivity index (χ0n) is 12.7. The van der Waals surface area contributed by atoms with Gasteiger partial charge >= 0.3 is 11.7 Å². The molecule has 1 saturated heterocycles. The van der Waals surface area contributed by atoms with Crippen LogP contribution in [0.2, 0.25) is 0 Å². The summed E-state index contributed by atoms with van der Waals surface area (Å²) in [6.45, 7) is 2.30. The number of nitro groups is 1. The van der Waals surface area contributed by atoms with Crippen molar-refractivity contribution >= 4 is 17.6 Å². The Morgan fingerprint density at radius 2 is 2.17 bits per heavy atom. The van der Waals surface area contributed by atoms with Crippen molar-refractivity contribution in [1.29, 1.82) is 0 Å². The smallest absolute Gasteiger partial charge is 0.326 e. The van der Waals surface area contributed by atoms with Crippen LogP contribution in [-0.4, -0.2) is 46.0 Å². The minimum atomic E-state index is -1.06. The molecular weight excluding hydrogens is 304 g/mol. The van der Waals surface area contributed by atoms with Gasteiger partial charge < -0.3 is 14.7 Å². The molecule has 0 aromatic heterocycles. The van der Waals surface area contributed by atoms with Gasteiger partial charge in [-0.05, 0) is 38.3 Å². The maximum Gasteiger partial charge on any atom is 0.326 e. The van der Waals surface area contributed by atoms with Gasteiger partial charge in [-0.1, -0.05) is 0 Å². The zero-order valence-corrected chi connectivity index (χ0v) is 12.7. The minimum Gasteiger partial charge on any atom is -0.487 e. The molecule has 1 N–H and O–H groups in total. The number of carbonyl (C=O) groups excluding carboxylic acids is 1. The first kappa shape index (κ1) is 16.7. The monoisotopic (exact) mass is 322 g/mol. The maximum atomic E-state index is 12.6. The molecule has 124 valence electrons. The van der Waals surface area contributed by atoms with Gasteiger partial charge in [-0.2, -0.15) is 0 Å². The number of carboxylic acids is 1. The number of carboxylic acid groups (broad SMARTS) is 1. The van der Waals surface area contributed by atoms with Gasteiger partial charge in [0.15, 0.2) is 5.75 Å². The Kier molecular flexibility index (Phi) is 5.15. The van der Waals surface area contributed by atoms with Gasteiger partial charge in [-0.3, -0.25) is 14.9 Å². The Bertz CT molecular complexity index is 630. The molecular formula is C15H18N2O6. The standard InChI is InChI=1S/C15H18N2O6/c1-2-23-13-7-6-10(9-12(13)17(21)22)14(18)16-8-4-3-5-11(16)15(19)20/h6-7,9,11H,2-5,8H2,1H3,(H,19,20). The summed E-state index contributed by atoms with van der Waals surface area (Å²) in [5.41, 5.74) is -0.213. The van der Waals surface area contributed by atoms with Gasteiger partial charge in [0.1, 0.15) is 6.04 Å². The molecule has 0 saturated carbocycles. The summed E-state index contributed by atoms with van der Waals surface area (Å²) >= 11 is 0. The summed E-state index contributed by atoms with van der Waals surface area (Å²) < 4.78 is 5.18. The molecule has 0 radical (unpaired) electrons. The van der Waals surface area contributed by atoms with Crippen molar-refractivity contribution in [2.45, 2.75) is 32.2 Å². The van der Waals surface area contributed by atoms with E-state index in [0.717, 1.165) is 12.5 Å². The lowest BCUT2D eigenvalue weighted by Crippen LogP contribution is -2.47. The van der Waals surface area contributed by atoms with E-state index in [1.807, 2.05) is 0 Å². The Hall–Kier alpha value is -2.64. The lowest BCUT2D eigenvalue weighted by molar-refractivity contribution is -0.385. The minimum absolute atomic E-state index is 0.0856. The molecule has 1 amide bonds. The highest BCUT2D eigenvalue weighted by molar-refractivity contribution is 5.97. The summed E-state index contributed by atoms with van der Waals surface area (Å²) in [5.74, 6) is -1.48. The zero-order chi connectivity index (χ0) is 17.0. The third-order valence-electron chi connectivity index (χ3n) is 3.75. The molecule has 0 spiro atoms. The Morgan fingerprint density at radius 1 is 1.43 bits per heavy atom. The topological polar surface area (TPSA) is 110 Å². The predicted molar refractivity (Wildman–Crippen MR) is 80.6 cm³/mol. The van der Waals surface area contributed by atoms with E-state index in [1.165, 1.54) is 17.0 Å². The van der Waals surface area contributed by atoms with Crippen LogP contribution in [0.15, 0.2) is 18.2 Å². The highest BCUT2D eigenvalue weighted by Gasteiger charge is 2.33. The maximum absolute atomic E-state index is 12.6. The number of nitrogens with zero attached hydrogens (tertiary/aromatic N) is 2. The number of ether oxygens (including phenoxy) is 1. The van der Waals surface area contributed by atoms with E-state index in [-0.39, 0.29) is 23.6 Å². The molecule has 23 heavy (non-hydrogen) atoms. The number of amides is 1. The van der Waals surface area contributed by atoms with Crippen molar-refractivity contribution in [1.82, 2.24) is 4.90 Å². The first-order chi connectivity index (χ1) is 11.0. The number of rotatable bonds is 5. The van der Waals surface area contributed by atoms with E-state index >= 15 is 0 Å². The third kappa shape index (κ3) is 3.58. The molecule has 0 bridgehead atoms. The molecule has 1 atom stereocenters. The van der Waals surface area contributed by atoms with Crippen LogP contribution in [0.4, 0.5) is 5.69 Å². The first-order valence-electron chi connectivity index (χ1n) is 7.40. The van der Waals surface area contributed by atoms with Crippen molar-refractivity contribution < 1.29 is 24.4 Å². The number of carbonyl (C=O) groups is 2. The number of aliphatic carboxylic acids is 1. The average Bonchev–Trinajstić information content (AvgIpc) is 2.54. The second kappa shape index (κ2) is 7.08. The Balaban J connectivity index is 2.33. The van der Waals surface area contributed by atoms with Gasteiger partial charge in [0.25, 0.3) is 5.91 Å². The first-order valence-corrected chi connectivity index (χ1v) is 7.40. The van der Waals surface area contributed by atoms with Crippen LogP contribution in [0.25, 0.3) is 0 Å². The molecule has 8 nitrogen and oxygen atoms in total. The Labute approximate surface area is 132 Å². The molecule has 2 rings (SSSR count). The van der Waals surface area contributed by atoms with Crippen LogP contribution in [0.1, 0.15) is 36.5 Å². The molecule has 1 unspecified atom stereocenters. The van der Waals surface area contributed by atoms with E-state index < -0.39 is 22.8 Å². The molecule has 1 fully saturated rings. The molecule has 1 aromatic rings. The highest BCUT2D eigenvalue weighted by atomic mass is 16.6. The van der Waals surface area contributed by atoms with Gasteiger partial charge in [0, 0.05) is 18.2 Å². The van der Waals surface area contributed by atoms with Gasteiger partial charge in [0.2, 0.25) is 0 Å². The molecule has 0 aliphatic carbocycles. The highest BCUT2D eigenvalue weighted by Crippen LogP contribution is 2.29. The third-order valence-corrected chi connectivity index (χ3v) is 3.75. The summed E-state index contributed by atoms with van der Waals surface area (Å²) in [5, 5.41) is 20.4. The van der Waals surface area contributed by atoms with Crippen LogP contribution in [-0.2, 0) is 4.79 Å². The van der Waals surface area contributed by atoms with Crippen molar-refractivity contribution in [3.63, 3.8) is 0 Å². The largest absolute Gasteiger partial charge is 0.487 e. The van der Waals surface area contributed by atoms with Crippen LogP contribution >= 0.6 is 0 Å². The fourth-order valence-electron chi connectivity index (χ4n) is 2.67. The average molecular weight is 322 g/mol. The SMILES string of the molecule is CCOc1ccc(C(=O)N2CCCCC2C(=O)O)cc1[N+](=O)[O-]. The molecule has 1 aliphatic rings. The number of hydrogen-bond donors (Lipinski definition) is 1. The number of nitro benzene ring substituents is 1. The van der Waals surface area contributed by atoms with Crippen LogP contribution < -0.4 is 4.74 Å². The van der Waals surface area contributed by atoms with Crippen LogP contribution in [0, 0.1) is 10.1 Å². The fourth-order valence-corrected chi connectivity index (χ4v) is 2.67. The van der Waals surface area contributed by atoms with E-state index in [4.69, 9.17) is 4.74 Å². The van der Waals surface area contributed by atoms with Crippen LogP contribution in [0.3, 0.4) is 0 Å². The summed E-state index contributed by atoms with van der Waals surface area (Å²) in [6.07, 6.45) is 1.85. The second-order valence-electron chi connectivity index (χ2n) is 5.22. The van der Waals surface area contributed by atoms with E-state index in [0.29, 0.717) is 19.4 Å². The van der Waals surface area contributed by atoms with Gasteiger partial charge in [-0.15, -0.1) is 0 Å². The number of hydrogen-bond acceptors (Lipinski definition) is 5. The van der Waals surface area contributed by atoms with Crippen molar-refractivity contribution in [2.75, 3.05) is 13.2 Å². The van der Waals surface area contributed by atoms with E-state index in [2.05, 4.69) is 0 Å². The van der Waals surface area contributed by atoms with Crippen LogP contribution in [0.5, 0.6) is 5.75 Å². The number of piperidine rings is 1. The number of likely N-dealkylation sites (tertiary alicyclic amines) is 1. The van der Waals surface area contributed by atoms with Crippen molar-refractivity contribution in [3.8, 4) is 5.75 Å². The summed E-state index contributed by atoms with van der Waals surface area (Å²) in [4.78, 5) is 35.6. The predicted octanol–water partition coefficient (Wildman–Crippen LogP) is 2.07. The lowest BCUT2D eigenvalue weighted by atomic mass is 10.0. The normalized spacial score (nSPS) is 17.6. The molecule has 8 heteroatoms. The van der Waals surface area contributed by atoms with Crippen molar-refractivity contribution in [2.24, 2.45) is 0 Å². The Morgan fingerprint density at radius 3 is 2.78 bits per heavy atom. The lowest BCUT2D eigenvalue weighted by Gasteiger charge is -2.33. The molecule has 1 aromatic carbocycles. The summed E-state index contributed by atoms with van der Waals surface area (Å²) in [7, 11) is 0. The molecule has 1 aliphatic heterocycles. The van der Waals surface area contributed by atoms with E-state index in [1.54, 1.807) is 6.92 Å². The second-order valence-corrected chi connectivity index (χ2v) is 5.22. The molecule has 1 heterocycles. The quantitative estimate of drug-likeness (QED) is 0.656. The van der Waals surface area contributed by atoms with Gasteiger partial charge in [-0.25, -0.2) is 4.79 Å². The van der Waals surface area contributed by atoms with E-state index in [9.17, 15) is 24.8 Å².